The molecule has 0 spiro atoms. The summed E-state index contributed by atoms with van der Waals surface area (Å²) >= 11 is 0. The Balaban J connectivity index is 1.65. The maximum absolute atomic E-state index is 11.1. The number of rotatable bonds is 4. The van der Waals surface area contributed by atoms with Crippen LogP contribution in [0.25, 0.3) is 0 Å². The highest BCUT2D eigenvalue weighted by molar-refractivity contribution is 5.70. The first-order chi connectivity index (χ1) is 9.74. The average molecular weight is 278 g/mol. The Labute approximate surface area is 118 Å². The SMILES string of the molecule is O=C(O)[C@@H]1CCCN(Cc2nncn2C2CCCC2)C1. The first-order valence-corrected chi connectivity index (χ1v) is 7.57. The van der Waals surface area contributed by atoms with Gasteiger partial charge in [-0.2, -0.15) is 0 Å². The summed E-state index contributed by atoms with van der Waals surface area (Å²) < 4.78 is 2.21. The van der Waals surface area contributed by atoms with Crippen LogP contribution in [0.3, 0.4) is 0 Å². The molecule has 0 radical (unpaired) electrons. The third kappa shape index (κ3) is 2.85. The molecule has 0 unspecified atom stereocenters. The number of hydrogen-bond donors (Lipinski definition) is 1. The van der Waals surface area contributed by atoms with E-state index in [4.69, 9.17) is 5.11 Å². The van der Waals surface area contributed by atoms with Gasteiger partial charge in [-0.25, -0.2) is 0 Å². The van der Waals surface area contributed by atoms with Crippen molar-refractivity contribution in [2.75, 3.05) is 13.1 Å². The molecule has 1 aromatic rings. The highest BCUT2D eigenvalue weighted by Crippen LogP contribution is 2.30. The van der Waals surface area contributed by atoms with Crippen LogP contribution >= 0.6 is 0 Å². The Kier molecular flexibility index (Phi) is 4.00. The summed E-state index contributed by atoms with van der Waals surface area (Å²) in [5.41, 5.74) is 0. The molecular weight excluding hydrogens is 256 g/mol. The number of aliphatic carboxylic acids is 1. The lowest BCUT2D eigenvalue weighted by molar-refractivity contribution is -0.143. The number of aromatic nitrogens is 3. The van der Waals surface area contributed by atoms with Crippen molar-refractivity contribution in [2.24, 2.45) is 5.92 Å². The van der Waals surface area contributed by atoms with Crippen LogP contribution in [-0.2, 0) is 11.3 Å². The molecule has 0 amide bonds. The van der Waals surface area contributed by atoms with E-state index in [0.29, 0.717) is 12.6 Å². The van der Waals surface area contributed by atoms with Crippen LogP contribution in [0.2, 0.25) is 0 Å². The predicted octanol–water partition coefficient (Wildman–Crippen LogP) is 1.69. The molecule has 3 rings (SSSR count). The summed E-state index contributed by atoms with van der Waals surface area (Å²) in [6.45, 7) is 2.31. The summed E-state index contributed by atoms with van der Waals surface area (Å²) in [5, 5.41) is 17.5. The summed E-state index contributed by atoms with van der Waals surface area (Å²) in [6, 6.07) is 0.542. The zero-order valence-electron chi connectivity index (χ0n) is 11.7. The lowest BCUT2D eigenvalue weighted by Crippen LogP contribution is -2.38. The Morgan fingerprint density at radius 1 is 1.30 bits per heavy atom. The van der Waals surface area contributed by atoms with Crippen molar-refractivity contribution < 1.29 is 9.90 Å². The predicted molar refractivity (Wildman–Crippen MR) is 73.2 cm³/mol. The molecule has 2 fully saturated rings. The number of carboxylic acids is 1. The fourth-order valence-corrected chi connectivity index (χ4v) is 3.47. The van der Waals surface area contributed by atoms with Crippen molar-refractivity contribution in [3.05, 3.63) is 12.2 Å². The minimum Gasteiger partial charge on any atom is -0.481 e. The molecule has 1 saturated heterocycles. The standard InChI is InChI=1S/C14H22N4O2/c19-14(20)11-4-3-7-17(8-11)9-13-16-15-10-18(13)12-5-1-2-6-12/h10-12H,1-9H2,(H,19,20)/t11-/m1/s1. The van der Waals surface area contributed by atoms with Gasteiger partial charge in [-0.15, -0.1) is 10.2 Å². The number of hydrogen-bond acceptors (Lipinski definition) is 4. The van der Waals surface area contributed by atoms with Gasteiger partial charge in [0, 0.05) is 12.6 Å². The highest BCUT2D eigenvalue weighted by atomic mass is 16.4. The highest BCUT2D eigenvalue weighted by Gasteiger charge is 2.27. The van der Waals surface area contributed by atoms with Crippen molar-refractivity contribution in [1.82, 2.24) is 19.7 Å². The van der Waals surface area contributed by atoms with E-state index in [1.165, 1.54) is 25.7 Å². The second kappa shape index (κ2) is 5.91. The molecule has 2 aliphatic rings. The molecule has 1 aromatic heterocycles. The second-order valence-electron chi connectivity index (χ2n) is 6.01. The zero-order chi connectivity index (χ0) is 13.9. The van der Waals surface area contributed by atoms with E-state index in [1.54, 1.807) is 0 Å². The van der Waals surface area contributed by atoms with E-state index in [0.717, 1.165) is 31.8 Å². The van der Waals surface area contributed by atoms with E-state index < -0.39 is 5.97 Å². The number of carboxylic acid groups (broad SMARTS) is 1. The normalized spacial score (nSPS) is 25.1. The Hall–Kier alpha value is -1.43. The molecular formula is C14H22N4O2. The molecule has 2 heterocycles. The molecule has 0 aromatic carbocycles. The second-order valence-corrected chi connectivity index (χ2v) is 6.01. The fraction of sp³-hybridized carbons (Fsp3) is 0.786. The Morgan fingerprint density at radius 3 is 2.85 bits per heavy atom. The van der Waals surface area contributed by atoms with Crippen molar-refractivity contribution in [1.29, 1.82) is 0 Å². The van der Waals surface area contributed by atoms with Gasteiger partial charge < -0.3 is 9.67 Å². The largest absolute Gasteiger partial charge is 0.481 e. The Bertz CT molecular complexity index is 467. The lowest BCUT2D eigenvalue weighted by atomic mass is 9.98. The van der Waals surface area contributed by atoms with Crippen LogP contribution in [0, 0.1) is 5.92 Å². The van der Waals surface area contributed by atoms with Crippen LogP contribution < -0.4 is 0 Å². The van der Waals surface area contributed by atoms with Gasteiger partial charge in [-0.1, -0.05) is 12.8 Å². The minimum atomic E-state index is -0.674. The van der Waals surface area contributed by atoms with E-state index in [-0.39, 0.29) is 5.92 Å². The molecule has 6 heteroatoms. The summed E-state index contributed by atoms with van der Waals surface area (Å²) in [5.74, 6) is 0.0847. The topological polar surface area (TPSA) is 71.2 Å². The maximum atomic E-state index is 11.1. The van der Waals surface area contributed by atoms with E-state index >= 15 is 0 Å². The molecule has 110 valence electrons. The zero-order valence-corrected chi connectivity index (χ0v) is 11.7. The van der Waals surface area contributed by atoms with Gasteiger partial charge in [-0.3, -0.25) is 9.69 Å². The molecule has 1 N–H and O–H groups in total. The number of carbonyl (C=O) groups is 1. The van der Waals surface area contributed by atoms with E-state index in [9.17, 15) is 4.79 Å². The molecule has 1 atom stereocenters. The van der Waals surface area contributed by atoms with Crippen molar-refractivity contribution in [2.45, 2.75) is 51.1 Å². The minimum absolute atomic E-state index is 0.230. The molecule has 0 bridgehead atoms. The Morgan fingerprint density at radius 2 is 2.10 bits per heavy atom. The molecule has 1 aliphatic heterocycles. The van der Waals surface area contributed by atoms with Crippen molar-refractivity contribution >= 4 is 5.97 Å². The maximum Gasteiger partial charge on any atom is 0.307 e. The summed E-state index contributed by atoms with van der Waals surface area (Å²) in [4.78, 5) is 13.3. The molecule has 6 nitrogen and oxygen atoms in total. The third-order valence-electron chi connectivity index (χ3n) is 4.59. The van der Waals surface area contributed by atoms with Gasteiger partial charge in [-0.05, 0) is 32.2 Å². The first kappa shape index (κ1) is 13.5. The quantitative estimate of drug-likeness (QED) is 0.907. The molecule has 1 aliphatic carbocycles. The molecule has 1 saturated carbocycles. The first-order valence-electron chi connectivity index (χ1n) is 7.57. The van der Waals surface area contributed by atoms with Gasteiger partial charge in [0.25, 0.3) is 0 Å². The summed E-state index contributed by atoms with van der Waals surface area (Å²) in [6.07, 6.45) is 8.57. The fourth-order valence-electron chi connectivity index (χ4n) is 3.47. The van der Waals surface area contributed by atoms with Crippen LogP contribution in [0.15, 0.2) is 6.33 Å². The number of likely N-dealkylation sites (tertiary alicyclic amines) is 1. The van der Waals surface area contributed by atoms with Gasteiger partial charge in [0.15, 0.2) is 0 Å². The van der Waals surface area contributed by atoms with Crippen molar-refractivity contribution in [3.8, 4) is 0 Å². The molecule has 20 heavy (non-hydrogen) atoms. The number of nitrogens with zero attached hydrogens (tertiary/aromatic N) is 4. The third-order valence-corrected chi connectivity index (χ3v) is 4.59. The van der Waals surface area contributed by atoms with E-state index in [2.05, 4.69) is 19.7 Å². The number of piperidine rings is 1. The van der Waals surface area contributed by atoms with Crippen molar-refractivity contribution in [3.63, 3.8) is 0 Å². The van der Waals surface area contributed by atoms with Gasteiger partial charge in [0.1, 0.15) is 12.2 Å². The monoisotopic (exact) mass is 278 g/mol. The van der Waals surface area contributed by atoms with Crippen LogP contribution in [0.4, 0.5) is 0 Å². The van der Waals surface area contributed by atoms with E-state index in [1.807, 2.05) is 6.33 Å². The van der Waals surface area contributed by atoms with Gasteiger partial charge >= 0.3 is 5.97 Å². The van der Waals surface area contributed by atoms with Crippen LogP contribution in [0.1, 0.15) is 50.4 Å². The smallest absolute Gasteiger partial charge is 0.307 e. The average Bonchev–Trinajstić information content (AvgIpc) is 3.09. The van der Waals surface area contributed by atoms with Crippen LogP contribution in [-0.4, -0.2) is 43.8 Å². The summed E-state index contributed by atoms with van der Waals surface area (Å²) in [7, 11) is 0. The van der Waals surface area contributed by atoms with Gasteiger partial charge in [0.05, 0.1) is 12.5 Å². The van der Waals surface area contributed by atoms with Crippen LogP contribution in [0.5, 0.6) is 0 Å². The lowest BCUT2D eigenvalue weighted by Gasteiger charge is -2.30. The van der Waals surface area contributed by atoms with Gasteiger partial charge in [0.2, 0.25) is 0 Å².